The van der Waals surface area contributed by atoms with Crippen molar-refractivity contribution < 1.29 is 9.59 Å². The van der Waals surface area contributed by atoms with E-state index in [0.29, 0.717) is 48.5 Å². The van der Waals surface area contributed by atoms with Crippen molar-refractivity contribution in [2.75, 3.05) is 31.5 Å². The third-order valence-corrected chi connectivity index (χ3v) is 4.18. The van der Waals surface area contributed by atoms with Gasteiger partial charge in [-0.3, -0.25) is 9.59 Å². The Bertz CT molecular complexity index is 773. The number of rotatable bonds is 4. The predicted octanol–water partition coefficient (Wildman–Crippen LogP) is 2.10. The lowest BCUT2D eigenvalue weighted by molar-refractivity contribution is -0.119. The number of hydrogen-bond acceptors (Lipinski definition) is 5. The van der Waals surface area contributed by atoms with E-state index in [-0.39, 0.29) is 5.91 Å². The number of carbonyl (C=O) groups is 2. The maximum absolute atomic E-state index is 12.7. The van der Waals surface area contributed by atoms with Crippen LogP contribution in [0.2, 0.25) is 5.02 Å². The quantitative estimate of drug-likeness (QED) is 0.846. The van der Waals surface area contributed by atoms with Crippen LogP contribution in [0.3, 0.4) is 0 Å². The minimum Gasteiger partial charge on any atom is -0.342 e. The summed E-state index contributed by atoms with van der Waals surface area (Å²) < 4.78 is 0. The molecule has 2 heterocycles. The Labute approximate surface area is 150 Å². The molecular formula is C17H18ClN5O2. The highest BCUT2D eigenvalue weighted by Crippen LogP contribution is 2.18. The van der Waals surface area contributed by atoms with E-state index in [1.54, 1.807) is 28.0 Å². The Hall–Kier alpha value is -2.67. The Morgan fingerprint density at radius 2 is 1.84 bits per heavy atom. The summed E-state index contributed by atoms with van der Waals surface area (Å²) in [5.41, 5.74) is 1.82. The van der Waals surface area contributed by atoms with E-state index in [1.165, 1.54) is 0 Å². The zero-order valence-corrected chi connectivity index (χ0v) is 14.5. The van der Waals surface area contributed by atoms with Crippen LogP contribution in [0.4, 0.5) is 11.6 Å². The van der Waals surface area contributed by atoms with Crippen LogP contribution in [0.5, 0.6) is 0 Å². The molecule has 0 bridgehead atoms. The van der Waals surface area contributed by atoms with Crippen LogP contribution in [0.1, 0.15) is 16.2 Å². The van der Waals surface area contributed by atoms with E-state index in [4.69, 9.17) is 11.6 Å². The molecular weight excluding hydrogens is 342 g/mol. The molecule has 7 nitrogen and oxygen atoms in total. The third-order valence-electron chi connectivity index (χ3n) is 3.92. The first kappa shape index (κ1) is 17.2. The lowest BCUT2D eigenvalue weighted by Gasteiger charge is -2.32. The van der Waals surface area contributed by atoms with Gasteiger partial charge < -0.3 is 15.1 Å². The van der Waals surface area contributed by atoms with Gasteiger partial charge >= 0.3 is 0 Å². The summed E-state index contributed by atoms with van der Waals surface area (Å²) in [6, 6.07) is 8.82. The number of carbonyl (C=O) groups excluding carboxylic acids is 2. The van der Waals surface area contributed by atoms with Crippen molar-refractivity contribution in [1.29, 1.82) is 0 Å². The number of benzene rings is 1. The second kappa shape index (κ2) is 7.48. The van der Waals surface area contributed by atoms with E-state index in [2.05, 4.69) is 15.3 Å². The van der Waals surface area contributed by atoms with Gasteiger partial charge in [0.25, 0.3) is 5.91 Å². The number of hydrogen-bond donors (Lipinski definition) is 1. The lowest BCUT2D eigenvalue weighted by Crippen LogP contribution is -2.48. The SMILES string of the molecule is Cc1cc(C(=O)N2CCN(C=O)CC2)nc(Nc2ccc(Cl)cc2)n1. The van der Waals surface area contributed by atoms with E-state index < -0.39 is 0 Å². The van der Waals surface area contributed by atoms with E-state index in [1.807, 2.05) is 19.1 Å². The summed E-state index contributed by atoms with van der Waals surface area (Å²) >= 11 is 5.88. The van der Waals surface area contributed by atoms with Crippen molar-refractivity contribution in [1.82, 2.24) is 19.8 Å². The van der Waals surface area contributed by atoms with Gasteiger partial charge in [-0.25, -0.2) is 9.97 Å². The topological polar surface area (TPSA) is 78.4 Å². The van der Waals surface area contributed by atoms with Crippen molar-refractivity contribution >= 4 is 35.6 Å². The van der Waals surface area contributed by atoms with Gasteiger partial charge in [-0.2, -0.15) is 0 Å². The van der Waals surface area contributed by atoms with Gasteiger partial charge in [0.2, 0.25) is 12.4 Å². The number of anilines is 2. The molecule has 0 spiro atoms. The molecule has 2 aromatic rings. The lowest BCUT2D eigenvalue weighted by atomic mass is 10.2. The Morgan fingerprint density at radius 3 is 2.48 bits per heavy atom. The van der Waals surface area contributed by atoms with Gasteiger partial charge in [-0.15, -0.1) is 0 Å². The number of aromatic nitrogens is 2. The summed E-state index contributed by atoms with van der Waals surface area (Å²) in [6.45, 7) is 3.89. The molecule has 1 aromatic heterocycles. The minimum atomic E-state index is -0.157. The Morgan fingerprint density at radius 1 is 1.16 bits per heavy atom. The van der Waals surface area contributed by atoms with Gasteiger partial charge in [0, 0.05) is 42.6 Å². The van der Waals surface area contributed by atoms with Crippen LogP contribution in [0.15, 0.2) is 30.3 Å². The van der Waals surface area contributed by atoms with E-state index in [0.717, 1.165) is 12.1 Å². The summed E-state index contributed by atoms with van der Waals surface area (Å²) in [5.74, 6) is 0.201. The first-order valence-electron chi connectivity index (χ1n) is 7.92. The van der Waals surface area contributed by atoms with Crippen molar-refractivity contribution in [2.45, 2.75) is 6.92 Å². The fraction of sp³-hybridized carbons (Fsp3) is 0.294. The largest absolute Gasteiger partial charge is 0.342 e. The molecule has 0 atom stereocenters. The molecule has 1 aliphatic heterocycles. The van der Waals surface area contributed by atoms with Crippen LogP contribution in [0, 0.1) is 6.92 Å². The first-order valence-corrected chi connectivity index (χ1v) is 8.30. The van der Waals surface area contributed by atoms with Gasteiger partial charge in [-0.05, 0) is 37.3 Å². The van der Waals surface area contributed by atoms with Gasteiger partial charge in [-0.1, -0.05) is 11.6 Å². The standard InChI is InChI=1S/C17H18ClN5O2/c1-12-10-15(16(25)23-8-6-22(11-24)7-9-23)21-17(19-12)20-14-4-2-13(18)3-5-14/h2-5,10-11H,6-9H2,1H3,(H,19,20,21). The summed E-state index contributed by atoms with van der Waals surface area (Å²) in [5, 5.41) is 3.72. The summed E-state index contributed by atoms with van der Waals surface area (Å²) in [4.78, 5) is 35.5. The molecule has 3 rings (SSSR count). The molecule has 1 aromatic carbocycles. The van der Waals surface area contributed by atoms with Crippen molar-refractivity contribution in [3.8, 4) is 0 Å². The van der Waals surface area contributed by atoms with E-state index in [9.17, 15) is 9.59 Å². The van der Waals surface area contributed by atoms with Gasteiger partial charge in [0.05, 0.1) is 0 Å². The van der Waals surface area contributed by atoms with Crippen molar-refractivity contribution in [3.63, 3.8) is 0 Å². The van der Waals surface area contributed by atoms with Crippen LogP contribution >= 0.6 is 11.6 Å². The highest BCUT2D eigenvalue weighted by molar-refractivity contribution is 6.30. The fourth-order valence-electron chi connectivity index (χ4n) is 2.59. The van der Waals surface area contributed by atoms with Gasteiger partial charge in [0.1, 0.15) is 5.69 Å². The van der Waals surface area contributed by atoms with Crippen LogP contribution < -0.4 is 5.32 Å². The maximum atomic E-state index is 12.7. The van der Waals surface area contributed by atoms with Crippen LogP contribution in [-0.4, -0.2) is 58.3 Å². The van der Waals surface area contributed by atoms with Gasteiger partial charge in [0.15, 0.2) is 0 Å². The molecule has 0 saturated carbocycles. The minimum absolute atomic E-state index is 0.157. The number of nitrogens with zero attached hydrogens (tertiary/aromatic N) is 4. The molecule has 0 radical (unpaired) electrons. The average Bonchev–Trinajstić information content (AvgIpc) is 2.62. The number of amides is 2. The maximum Gasteiger partial charge on any atom is 0.272 e. The molecule has 1 saturated heterocycles. The zero-order valence-electron chi connectivity index (χ0n) is 13.8. The highest BCUT2D eigenvalue weighted by atomic mass is 35.5. The number of piperazine rings is 1. The smallest absolute Gasteiger partial charge is 0.272 e. The Balaban J connectivity index is 1.75. The second-order valence-corrected chi connectivity index (χ2v) is 6.22. The highest BCUT2D eigenvalue weighted by Gasteiger charge is 2.23. The molecule has 130 valence electrons. The second-order valence-electron chi connectivity index (χ2n) is 5.78. The predicted molar refractivity (Wildman–Crippen MR) is 95.0 cm³/mol. The molecule has 1 aliphatic rings. The van der Waals surface area contributed by atoms with Crippen molar-refractivity contribution in [3.05, 3.63) is 46.7 Å². The van der Waals surface area contributed by atoms with Crippen LogP contribution in [0.25, 0.3) is 0 Å². The molecule has 0 aliphatic carbocycles. The molecule has 25 heavy (non-hydrogen) atoms. The third kappa shape index (κ3) is 4.24. The van der Waals surface area contributed by atoms with Crippen molar-refractivity contribution in [2.24, 2.45) is 0 Å². The monoisotopic (exact) mass is 359 g/mol. The van der Waals surface area contributed by atoms with Crippen LogP contribution in [-0.2, 0) is 4.79 Å². The zero-order chi connectivity index (χ0) is 17.8. The summed E-state index contributed by atoms with van der Waals surface area (Å²) in [7, 11) is 0. The molecule has 2 amide bonds. The summed E-state index contributed by atoms with van der Waals surface area (Å²) in [6.07, 6.45) is 0.810. The first-order chi connectivity index (χ1) is 12.0. The normalized spacial score (nSPS) is 14.3. The molecule has 1 fully saturated rings. The number of nitrogens with one attached hydrogen (secondary N) is 1. The molecule has 8 heteroatoms. The Kier molecular flexibility index (Phi) is 5.14. The number of halogens is 1. The fourth-order valence-corrected chi connectivity index (χ4v) is 2.71. The number of aryl methyl sites for hydroxylation is 1. The van der Waals surface area contributed by atoms with E-state index >= 15 is 0 Å². The average molecular weight is 360 g/mol. The molecule has 0 unspecified atom stereocenters. The molecule has 1 N–H and O–H groups in total.